The minimum absolute atomic E-state index is 0.00836. The zero-order valence-electron chi connectivity index (χ0n) is 9.01. The van der Waals surface area contributed by atoms with Crippen LogP contribution < -0.4 is 4.90 Å². The average molecular weight is 244 g/mol. The van der Waals surface area contributed by atoms with Crippen LogP contribution in [0.4, 0.5) is 5.95 Å². The van der Waals surface area contributed by atoms with Gasteiger partial charge in [0.25, 0.3) is 0 Å². The fourth-order valence-electron chi connectivity index (χ4n) is 1.78. The molecular formula is C10H14ClN3O2. The Bertz CT molecular complexity index is 346. The Hall–Kier alpha value is -0.910. The molecule has 6 heteroatoms. The molecule has 1 aromatic rings. The molecule has 2 unspecified atom stereocenters. The van der Waals surface area contributed by atoms with Crippen molar-refractivity contribution in [1.82, 2.24) is 9.97 Å². The number of anilines is 1. The normalized spacial score (nSPS) is 25.8. The number of nitrogens with zero attached hydrogens (tertiary/aromatic N) is 3. The summed E-state index contributed by atoms with van der Waals surface area (Å²) < 4.78 is 5.54. The van der Waals surface area contributed by atoms with E-state index in [-0.39, 0.29) is 18.8 Å². The largest absolute Gasteiger partial charge is 0.394 e. The molecule has 2 rings (SSSR count). The first-order valence-electron chi connectivity index (χ1n) is 5.18. The van der Waals surface area contributed by atoms with Crippen LogP contribution in [0.1, 0.15) is 6.92 Å². The summed E-state index contributed by atoms with van der Waals surface area (Å²) >= 11 is 5.73. The van der Waals surface area contributed by atoms with Gasteiger partial charge in [-0.3, -0.25) is 0 Å². The van der Waals surface area contributed by atoms with Crippen molar-refractivity contribution in [2.75, 3.05) is 24.6 Å². The SMILES string of the molecule is CC1CN(c2ncc(Cl)cn2)CC(CO)O1. The predicted octanol–water partition coefficient (Wildman–Crippen LogP) is 0.716. The van der Waals surface area contributed by atoms with Crippen LogP contribution in [-0.2, 0) is 4.74 Å². The van der Waals surface area contributed by atoms with Gasteiger partial charge in [0.05, 0.1) is 36.2 Å². The van der Waals surface area contributed by atoms with Crippen molar-refractivity contribution >= 4 is 17.5 Å². The Labute approximate surface area is 99.0 Å². The van der Waals surface area contributed by atoms with Gasteiger partial charge in [0.1, 0.15) is 0 Å². The minimum atomic E-state index is -0.178. The summed E-state index contributed by atoms with van der Waals surface area (Å²) in [5.41, 5.74) is 0. The molecule has 5 nitrogen and oxygen atoms in total. The molecule has 0 bridgehead atoms. The highest BCUT2D eigenvalue weighted by atomic mass is 35.5. The van der Waals surface area contributed by atoms with Gasteiger partial charge in [-0.1, -0.05) is 11.6 Å². The minimum Gasteiger partial charge on any atom is -0.394 e. The van der Waals surface area contributed by atoms with Crippen LogP contribution in [0, 0.1) is 0 Å². The van der Waals surface area contributed by atoms with Gasteiger partial charge < -0.3 is 14.7 Å². The number of halogens is 1. The second-order valence-corrected chi connectivity index (χ2v) is 4.29. The number of aliphatic hydroxyl groups is 1. The first-order chi connectivity index (χ1) is 7.69. The van der Waals surface area contributed by atoms with Crippen LogP contribution >= 0.6 is 11.6 Å². The molecule has 1 aromatic heterocycles. The highest BCUT2D eigenvalue weighted by Gasteiger charge is 2.26. The lowest BCUT2D eigenvalue weighted by atomic mass is 10.2. The Morgan fingerprint density at radius 2 is 2.19 bits per heavy atom. The Morgan fingerprint density at radius 3 is 2.81 bits per heavy atom. The van der Waals surface area contributed by atoms with Gasteiger partial charge in [-0.05, 0) is 6.92 Å². The van der Waals surface area contributed by atoms with E-state index in [1.165, 1.54) is 0 Å². The van der Waals surface area contributed by atoms with Crippen LogP contribution in [0.15, 0.2) is 12.4 Å². The van der Waals surface area contributed by atoms with Crippen molar-refractivity contribution in [3.63, 3.8) is 0 Å². The van der Waals surface area contributed by atoms with Gasteiger partial charge >= 0.3 is 0 Å². The number of hydrogen-bond acceptors (Lipinski definition) is 5. The van der Waals surface area contributed by atoms with E-state index in [1.807, 2.05) is 11.8 Å². The van der Waals surface area contributed by atoms with Crippen molar-refractivity contribution in [1.29, 1.82) is 0 Å². The van der Waals surface area contributed by atoms with Crippen LogP contribution in [-0.4, -0.2) is 47.0 Å². The predicted molar refractivity (Wildman–Crippen MR) is 60.7 cm³/mol. The number of rotatable bonds is 2. The van der Waals surface area contributed by atoms with E-state index < -0.39 is 0 Å². The lowest BCUT2D eigenvalue weighted by molar-refractivity contribution is -0.0425. The highest BCUT2D eigenvalue weighted by Crippen LogP contribution is 2.17. The third-order valence-electron chi connectivity index (χ3n) is 2.42. The molecule has 16 heavy (non-hydrogen) atoms. The molecule has 0 amide bonds. The smallest absolute Gasteiger partial charge is 0.225 e. The van der Waals surface area contributed by atoms with E-state index in [0.29, 0.717) is 17.5 Å². The fourth-order valence-corrected chi connectivity index (χ4v) is 1.88. The van der Waals surface area contributed by atoms with Crippen LogP contribution in [0.2, 0.25) is 5.02 Å². The standard InChI is InChI=1S/C10H14ClN3O2/c1-7-4-14(5-9(6-15)16-7)10-12-2-8(11)3-13-10/h2-3,7,9,15H,4-6H2,1H3. The molecule has 0 aromatic carbocycles. The summed E-state index contributed by atoms with van der Waals surface area (Å²) in [6, 6.07) is 0. The molecule has 88 valence electrons. The van der Waals surface area contributed by atoms with Crippen LogP contribution in [0.5, 0.6) is 0 Å². The molecule has 0 spiro atoms. The van der Waals surface area contributed by atoms with Gasteiger partial charge in [-0.25, -0.2) is 9.97 Å². The third-order valence-corrected chi connectivity index (χ3v) is 2.61. The molecule has 1 fully saturated rings. The molecule has 2 atom stereocenters. The summed E-state index contributed by atoms with van der Waals surface area (Å²) in [4.78, 5) is 10.3. The lowest BCUT2D eigenvalue weighted by Crippen LogP contribution is -2.48. The van der Waals surface area contributed by atoms with Crippen LogP contribution in [0.25, 0.3) is 0 Å². The van der Waals surface area contributed by atoms with E-state index in [1.54, 1.807) is 12.4 Å². The monoisotopic (exact) mass is 243 g/mol. The molecule has 0 aliphatic carbocycles. The second kappa shape index (κ2) is 4.95. The maximum Gasteiger partial charge on any atom is 0.225 e. The van der Waals surface area contributed by atoms with E-state index in [4.69, 9.17) is 21.4 Å². The number of ether oxygens (including phenoxy) is 1. The number of aromatic nitrogens is 2. The highest BCUT2D eigenvalue weighted by molar-refractivity contribution is 6.30. The molecule has 1 N–H and O–H groups in total. The van der Waals surface area contributed by atoms with E-state index in [9.17, 15) is 0 Å². The Balaban J connectivity index is 2.11. The first kappa shape index (κ1) is 11.6. The van der Waals surface area contributed by atoms with Gasteiger partial charge in [-0.2, -0.15) is 0 Å². The van der Waals surface area contributed by atoms with Gasteiger partial charge in [-0.15, -0.1) is 0 Å². The molecule has 2 heterocycles. The summed E-state index contributed by atoms with van der Waals surface area (Å²) in [5.74, 6) is 0.623. The number of morpholine rings is 1. The molecule has 1 saturated heterocycles. The van der Waals surface area contributed by atoms with Gasteiger partial charge in [0.15, 0.2) is 0 Å². The molecule has 1 aliphatic heterocycles. The van der Waals surface area contributed by atoms with Crippen molar-refractivity contribution in [3.8, 4) is 0 Å². The quantitative estimate of drug-likeness (QED) is 0.829. The van der Waals surface area contributed by atoms with E-state index in [2.05, 4.69) is 9.97 Å². The summed E-state index contributed by atoms with van der Waals surface area (Å²) in [5, 5.41) is 9.62. The molecule has 0 saturated carbocycles. The summed E-state index contributed by atoms with van der Waals surface area (Å²) in [6.07, 6.45) is 3.02. The zero-order chi connectivity index (χ0) is 11.5. The van der Waals surface area contributed by atoms with Crippen molar-refractivity contribution < 1.29 is 9.84 Å². The molecular weight excluding hydrogens is 230 g/mol. The summed E-state index contributed by atoms with van der Waals surface area (Å²) in [7, 11) is 0. The van der Waals surface area contributed by atoms with Gasteiger partial charge in [0, 0.05) is 13.1 Å². The second-order valence-electron chi connectivity index (χ2n) is 3.86. The maximum absolute atomic E-state index is 9.10. The van der Waals surface area contributed by atoms with E-state index in [0.717, 1.165) is 6.54 Å². The summed E-state index contributed by atoms with van der Waals surface area (Å²) in [6.45, 7) is 3.29. The topological polar surface area (TPSA) is 58.5 Å². The van der Waals surface area contributed by atoms with Crippen molar-refractivity contribution in [2.45, 2.75) is 19.1 Å². The lowest BCUT2D eigenvalue weighted by Gasteiger charge is -2.35. The first-order valence-corrected chi connectivity index (χ1v) is 5.55. The van der Waals surface area contributed by atoms with Gasteiger partial charge in [0.2, 0.25) is 5.95 Å². The average Bonchev–Trinajstić information content (AvgIpc) is 2.29. The van der Waals surface area contributed by atoms with Crippen LogP contribution in [0.3, 0.4) is 0 Å². The molecule has 1 aliphatic rings. The number of aliphatic hydroxyl groups excluding tert-OH is 1. The Morgan fingerprint density at radius 1 is 1.50 bits per heavy atom. The maximum atomic E-state index is 9.10. The molecule has 0 radical (unpaired) electrons. The van der Waals surface area contributed by atoms with Crippen molar-refractivity contribution in [2.24, 2.45) is 0 Å². The zero-order valence-corrected chi connectivity index (χ0v) is 9.76. The number of hydrogen-bond donors (Lipinski definition) is 1. The Kier molecular flexibility index (Phi) is 3.58. The van der Waals surface area contributed by atoms with Crippen molar-refractivity contribution in [3.05, 3.63) is 17.4 Å². The fraction of sp³-hybridized carbons (Fsp3) is 0.600. The third kappa shape index (κ3) is 2.61. The van der Waals surface area contributed by atoms with E-state index >= 15 is 0 Å².